The predicted molar refractivity (Wildman–Crippen MR) is 85.4 cm³/mol. The van der Waals surface area contributed by atoms with Crippen molar-refractivity contribution < 1.29 is 9.18 Å². The van der Waals surface area contributed by atoms with Gasteiger partial charge in [0.25, 0.3) is 0 Å². The molecule has 0 aliphatic carbocycles. The van der Waals surface area contributed by atoms with E-state index in [1.807, 2.05) is 12.1 Å². The Morgan fingerprint density at radius 2 is 2.09 bits per heavy atom. The lowest BCUT2D eigenvalue weighted by atomic mass is 9.98. The predicted octanol–water partition coefficient (Wildman–Crippen LogP) is 3.08. The Bertz CT molecular complexity index is 672. The highest BCUT2D eigenvalue weighted by Crippen LogP contribution is 2.32. The third-order valence-corrected chi connectivity index (χ3v) is 4.01. The Morgan fingerprint density at radius 3 is 2.95 bits per heavy atom. The minimum atomic E-state index is -0.307. The van der Waals surface area contributed by atoms with Crippen molar-refractivity contribution in [3.63, 3.8) is 0 Å². The Balaban J connectivity index is 1.47. The fourth-order valence-corrected chi connectivity index (χ4v) is 2.90. The summed E-state index contributed by atoms with van der Waals surface area (Å²) in [7, 11) is 0. The molecule has 0 saturated heterocycles. The number of rotatable bonds is 5. The van der Waals surface area contributed by atoms with E-state index in [2.05, 4.69) is 22.8 Å². The van der Waals surface area contributed by atoms with E-state index in [4.69, 9.17) is 0 Å². The van der Waals surface area contributed by atoms with Gasteiger partial charge in [-0.3, -0.25) is 4.79 Å². The molecule has 1 unspecified atom stereocenters. The van der Waals surface area contributed by atoms with E-state index in [0.717, 1.165) is 13.0 Å². The van der Waals surface area contributed by atoms with E-state index < -0.39 is 0 Å². The zero-order valence-corrected chi connectivity index (χ0v) is 12.3. The molecule has 114 valence electrons. The summed E-state index contributed by atoms with van der Waals surface area (Å²) in [5, 5.41) is 6.30. The van der Waals surface area contributed by atoms with Crippen molar-refractivity contribution in [3.05, 3.63) is 65.5 Å². The molecule has 0 bridgehead atoms. The molecule has 1 atom stereocenters. The van der Waals surface area contributed by atoms with Crippen LogP contribution in [0.3, 0.4) is 0 Å². The van der Waals surface area contributed by atoms with E-state index in [9.17, 15) is 9.18 Å². The minimum Gasteiger partial charge on any atom is -0.384 e. The largest absolute Gasteiger partial charge is 0.384 e. The topological polar surface area (TPSA) is 41.1 Å². The Labute approximate surface area is 129 Å². The summed E-state index contributed by atoms with van der Waals surface area (Å²) in [4.78, 5) is 11.9. The van der Waals surface area contributed by atoms with Gasteiger partial charge >= 0.3 is 0 Å². The highest BCUT2D eigenvalue weighted by molar-refractivity contribution is 5.78. The second-order valence-corrected chi connectivity index (χ2v) is 5.61. The smallest absolute Gasteiger partial charge is 0.224 e. The van der Waals surface area contributed by atoms with Crippen LogP contribution in [0.1, 0.15) is 23.5 Å². The van der Waals surface area contributed by atoms with Crippen LogP contribution < -0.4 is 10.6 Å². The van der Waals surface area contributed by atoms with Crippen LogP contribution in [0.4, 0.5) is 10.1 Å². The summed E-state index contributed by atoms with van der Waals surface area (Å²) >= 11 is 0. The van der Waals surface area contributed by atoms with Crippen LogP contribution in [0, 0.1) is 5.82 Å². The van der Waals surface area contributed by atoms with Gasteiger partial charge in [-0.05, 0) is 35.7 Å². The summed E-state index contributed by atoms with van der Waals surface area (Å²) in [6, 6.07) is 14.4. The number of amides is 1. The van der Waals surface area contributed by atoms with Crippen molar-refractivity contribution in [3.8, 4) is 0 Å². The standard InChI is InChI=1S/C18H19FN2O/c19-15-5-3-4-13(10-15)11-18(22)20-9-8-14-12-21-17-7-2-1-6-16(14)17/h1-7,10,14,21H,8-9,11-12H2,(H,20,22). The quantitative estimate of drug-likeness (QED) is 0.890. The van der Waals surface area contributed by atoms with Gasteiger partial charge in [0.2, 0.25) is 5.91 Å². The molecule has 0 aromatic heterocycles. The second-order valence-electron chi connectivity index (χ2n) is 5.61. The fraction of sp³-hybridized carbons (Fsp3) is 0.278. The molecule has 22 heavy (non-hydrogen) atoms. The highest BCUT2D eigenvalue weighted by atomic mass is 19.1. The van der Waals surface area contributed by atoms with Crippen molar-refractivity contribution in [2.24, 2.45) is 0 Å². The number of carbonyl (C=O) groups is 1. The maximum atomic E-state index is 13.1. The molecule has 0 spiro atoms. The lowest BCUT2D eigenvalue weighted by molar-refractivity contribution is -0.120. The molecule has 0 fully saturated rings. The molecule has 4 heteroatoms. The zero-order valence-electron chi connectivity index (χ0n) is 12.3. The van der Waals surface area contributed by atoms with Gasteiger partial charge in [-0.15, -0.1) is 0 Å². The molecular formula is C18H19FN2O. The highest BCUT2D eigenvalue weighted by Gasteiger charge is 2.21. The van der Waals surface area contributed by atoms with Crippen molar-refractivity contribution >= 4 is 11.6 Å². The van der Waals surface area contributed by atoms with Crippen LogP contribution >= 0.6 is 0 Å². The number of nitrogens with one attached hydrogen (secondary N) is 2. The summed E-state index contributed by atoms with van der Waals surface area (Å²) in [6.07, 6.45) is 1.12. The molecule has 0 radical (unpaired) electrons. The van der Waals surface area contributed by atoms with Gasteiger partial charge in [0.05, 0.1) is 6.42 Å². The summed E-state index contributed by atoms with van der Waals surface area (Å²) in [5.74, 6) is 0.0643. The van der Waals surface area contributed by atoms with Crippen LogP contribution in [0.15, 0.2) is 48.5 Å². The van der Waals surface area contributed by atoms with Crippen LogP contribution in [-0.2, 0) is 11.2 Å². The number of fused-ring (bicyclic) bond motifs is 1. The molecule has 1 aliphatic rings. The molecule has 1 amide bonds. The van der Waals surface area contributed by atoms with E-state index in [1.54, 1.807) is 12.1 Å². The number of halogens is 1. The summed E-state index contributed by atoms with van der Waals surface area (Å²) in [5.41, 5.74) is 3.21. The lowest BCUT2D eigenvalue weighted by Crippen LogP contribution is -2.27. The monoisotopic (exact) mass is 298 g/mol. The number of carbonyl (C=O) groups excluding carboxylic acids is 1. The van der Waals surface area contributed by atoms with E-state index in [-0.39, 0.29) is 18.1 Å². The van der Waals surface area contributed by atoms with Crippen molar-refractivity contribution in [2.45, 2.75) is 18.8 Å². The van der Waals surface area contributed by atoms with Gasteiger partial charge in [0, 0.05) is 24.7 Å². The van der Waals surface area contributed by atoms with Gasteiger partial charge in [0.1, 0.15) is 5.82 Å². The lowest BCUT2D eigenvalue weighted by Gasteiger charge is -2.11. The molecule has 3 nitrogen and oxygen atoms in total. The zero-order chi connectivity index (χ0) is 15.4. The Kier molecular flexibility index (Phi) is 4.37. The first-order chi connectivity index (χ1) is 10.7. The fourth-order valence-electron chi connectivity index (χ4n) is 2.90. The van der Waals surface area contributed by atoms with Crippen LogP contribution in [0.25, 0.3) is 0 Å². The first-order valence-electron chi connectivity index (χ1n) is 7.56. The molecule has 3 rings (SSSR count). The van der Waals surface area contributed by atoms with Crippen molar-refractivity contribution in [2.75, 3.05) is 18.4 Å². The van der Waals surface area contributed by atoms with Crippen LogP contribution in [0.2, 0.25) is 0 Å². The Hall–Kier alpha value is -2.36. The number of benzene rings is 2. The first kappa shape index (κ1) is 14.6. The van der Waals surface area contributed by atoms with Gasteiger partial charge in [-0.2, -0.15) is 0 Å². The first-order valence-corrected chi connectivity index (χ1v) is 7.56. The number of para-hydroxylation sites is 1. The molecule has 1 heterocycles. The number of hydrogen-bond donors (Lipinski definition) is 2. The van der Waals surface area contributed by atoms with Crippen LogP contribution in [-0.4, -0.2) is 19.0 Å². The minimum absolute atomic E-state index is 0.0650. The normalized spacial score (nSPS) is 16.0. The van der Waals surface area contributed by atoms with Crippen molar-refractivity contribution in [1.82, 2.24) is 5.32 Å². The Morgan fingerprint density at radius 1 is 1.23 bits per heavy atom. The maximum absolute atomic E-state index is 13.1. The molecule has 2 aromatic rings. The molecule has 1 aliphatic heterocycles. The average Bonchev–Trinajstić information content (AvgIpc) is 2.91. The third-order valence-electron chi connectivity index (χ3n) is 4.01. The van der Waals surface area contributed by atoms with E-state index >= 15 is 0 Å². The number of anilines is 1. The SMILES string of the molecule is O=C(Cc1cccc(F)c1)NCCC1CNc2ccccc21. The molecule has 2 N–H and O–H groups in total. The van der Waals surface area contributed by atoms with Crippen LogP contribution in [0.5, 0.6) is 0 Å². The molecule has 0 saturated carbocycles. The third kappa shape index (κ3) is 3.45. The van der Waals surface area contributed by atoms with Gasteiger partial charge in [-0.25, -0.2) is 4.39 Å². The van der Waals surface area contributed by atoms with Gasteiger partial charge in [-0.1, -0.05) is 30.3 Å². The number of hydrogen-bond acceptors (Lipinski definition) is 2. The van der Waals surface area contributed by atoms with Crippen molar-refractivity contribution in [1.29, 1.82) is 0 Å². The molecular weight excluding hydrogens is 279 g/mol. The summed E-state index contributed by atoms with van der Waals surface area (Å²) < 4.78 is 13.1. The summed E-state index contributed by atoms with van der Waals surface area (Å²) in [6.45, 7) is 1.55. The second kappa shape index (κ2) is 6.60. The molecule has 2 aromatic carbocycles. The average molecular weight is 298 g/mol. The van der Waals surface area contributed by atoms with E-state index in [1.165, 1.54) is 23.4 Å². The van der Waals surface area contributed by atoms with Gasteiger partial charge in [0.15, 0.2) is 0 Å². The van der Waals surface area contributed by atoms with Gasteiger partial charge < -0.3 is 10.6 Å². The maximum Gasteiger partial charge on any atom is 0.224 e. The van der Waals surface area contributed by atoms with E-state index in [0.29, 0.717) is 18.0 Å².